The Morgan fingerprint density at radius 1 is 0.562 bits per heavy atom. The molecule has 1 N–H and O–H groups in total. The lowest BCUT2D eigenvalue weighted by Gasteiger charge is -2.46. The number of ether oxygens (including phenoxy) is 10. The molecular weight excluding hydrogens is 644 g/mol. The van der Waals surface area contributed by atoms with Gasteiger partial charge >= 0.3 is 35.8 Å². The van der Waals surface area contributed by atoms with Crippen molar-refractivity contribution in [3.8, 4) is 0 Å². The molecule has 0 aromatic heterocycles. The zero-order valence-electron chi connectivity index (χ0n) is 27.3. The van der Waals surface area contributed by atoms with E-state index in [0.717, 1.165) is 41.5 Å². The summed E-state index contributed by atoms with van der Waals surface area (Å²) in [5.41, 5.74) is 0.707. The Labute approximate surface area is 275 Å². The molecule has 48 heavy (non-hydrogen) atoms. The fourth-order valence-electron chi connectivity index (χ4n) is 5.14. The quantitative estimate of drug-likeness (QED) is 0.218. The van der Waals surface area contributed by atoms with Gasteiger partial charge in [-0.1, -0.05) is 30.3 Å². The number of aliphatic hydroxyl groups is 1. The highest BCUT2D eigenvalue weighted by molar-refractivity contribution is 5.69. The van der Waals surface area contributed by atoms with Crippen LogP contribution in [-0.4, -0.2) is 116 Å². The molecule has 2 aliphatic rings. The first kappa shape index (κ1) is 38.3. The molecule has 17 nitrogen and oxygen atoms in total. The van der Waals surface area contributed by atoms with Gasteiger partial charge in [-0.25, -0.2) is 0 Å². The molecule has 0 unspecified atom stereocenters. The maximum Gasteiger partial charge on any atom is 0.303 e. The minimum atomic E-state index is -1.87. The maximum absolute atomic E-state index is 12.3. The normalized spacial score (nSPS) is 29.9. The smallest absolute Gasteiger partial charge is 0.303 e. The van der Waals surface area contributed by atoms with Crippen LogP contribution in [0.4, 0.5) is 0 Å². The summed E-state index contributed by atoms with van der Waals surface area (Å²) in [6.07, 6.45) is -14.5. The van der Waals surface area contributed by atoms with Crippen molar-refractivity contribution in [3.63, 3.8) is 0 Å². The van der Waals surface area contributed by atoms with Gasteiger partial charge in [-0.05, 0) is 5.56 Å². The maximum atomic E-state index is 12.3. The Morgan fingerprint density at radius 3 is 1.52 bits per heavy atom. The van der Waals surface area contributed by atoms with Crippen LogP contribution in [0.5, 0.6) is 0 Å². The highest BCUT2D eigenvalue weighted by Gasteiger charge is 2.54. The number of carbonyl (C=O) groups excluding carboxylic acids is 6. The van der Waals surface area contributed by atoms with E-state index < -0.39 is 110 Å². The number of benzene rings is 1. The molecule has 3 rings (SSSR count). The Balaban J connectivity index is 1.99. The van der Waals surface area contributed by atoms with Gasteiger partial charge in [0.2, 0.25) is 0 Å². The molecule has 266 valence electrons. The van der Waals surface area contributed by atoms with Gasteiger partial charge in [-0.2, -0.15) is 0 Å². The average molecular weight is 685 g/mol. The molecule has 0 bridgehead atoms. The summed E-state index contributed by atoms with van der Waals surface area (Å²) >= 11 is 0. The molecule has 0 radical (unpaired) electrons. The van der Waals surface area contributed by atoms with Crippen molar-refractivity contribution in [2.75, 3.05) is 13.2 Å². The van der Waals surface area contributed by atoms with Crippen molar-refractivity contribution in [2.45, 2.75) is 110 Å². The van der Waals surface area contributed by atoms with Crippen LogP contribution < -0.4 is 0 Å². The lowest BCUT2D eigenvalue weighted by Crippen LogP contribution is -2.64. The molecule has 0 spiro atoms. The Morgan fingerprint density at radius 2 is 1.02 bits per heavy atom. The van der Waals surface area contributed by atoms with E-state index in [1.807, 2.05) is 0 Å². The van der Waals surface area contributed by atoms with E-state index in [4.69, 9.17) is 47.4 Å². The second-order valence-electron chi connectivity index (χ2n) is 10.9. The van der Waals surface area contributed by atoms with E-state index in [1.165, 1.54) is 0 Å². The second-order valence-corrected chi connectivity index (χ2v) is 10.9. The van der Waals surface area contributed by atoms with Crippen LogP contribution in [0.1, 0.15) is 47.1 Å². The Bertz CT molecular complexity index is 1280. The summed E-state index contributed by atoms with van der Waals surface area (Å²) in [7, 11) is 0. The first-order chi connectivity index (χ1) is 22.7. The second kappa shape index (κ2) is 17.8. The first-order valence-corrected chi connectivity index (χ1v) is 14.9. The van der Waals surface area contributed by atoms with E-state index in [1.54, 1.807) is 30.3 Å². The molecule has 2 heterocycles. The van der Waals surface area contributed by atoms with Crippen LogP contribution in [0.15, 0.2) is 30.3 Å². The molecule has 0 saturated carbocycles. The molecule has 17 heteroatoms. The molecule has 10 atom stereocenters. The van der Waals surface area contributed by atoms with E-state index >= 15 is 0 Å². The predicted molar refractivity (Wildman–Crippen MR) is 155 cm³/mol. The van der Waals surface area contributed by atoms with Crippen LogP contribution in [0.2, 0.25) is 0 Å². The number of rotatable bonds is 13. The van der Waals surface area contributed by atoms with Gasteiger partial charge in [0, 0.05) is 41.5 Å². The summed E-state index contributed by atoms with van der Waals surface area (Å²) in [5.74, 6) is -4.74. The van der Waals surface area contributed by atoms with E-state index in [2.05, 4.69) is 0 Å². The zero-order valence-corrected chi connectivity index (χ0v) is 27.3. The van der Waals surface area contributed by atoms with Crippen LogP contribution in [0, 0.1) is 0 Å². The van der Waals surface area contributed by atoms with Crippen molar-refractivity contribution in [1.82, 2.24) is 0 Å². The van der Waals surface area contributed by atoms with E-state index in [9.17, 15) is 33.9 Å². The average Bonchev–Trinajstić information content (AvgIpc) is 2.98. The lowest BCUT2D eigenvalue weighted by molar-refractivity contribution is -0.334. The zero-order chi connectivity index (χ0) is 35.5. The molecule has 1 aromatic carbocycles. The van der Waals surface area contributed by atoms with Gasteiger partial charge in [0.05, 0.1) is 13.2 Å². The fourth-order valence-corrected chi connectivity index (χ4v) is 5.14. The topological polar surface area (TPSA) is 215 Å². The predicted octanol–water partition coefficient (Wildman–Crippen LogP) is 0.252. The van der Waals surface area contributed by atoms with Gasteiger partial charge < -0.3 is 52.5 Å². The number of carbonyl (C=O) groups is 6. The summed E-state index contributed by atoms with van der Waals surface area (Å²) in [6.45, 7) is 5.53. The van der Waals surface area contributed by atoms with Gasteiger partial charge in [0.15, 0.2) is 43.1 Å². The summed E-state index contributed by atoms with van der Waals surface area (Å²) in [4.78, 5) is 72.0. The minimum Gasteiger partial charge on any atom is -0.463 e. The van der Waals surface area contributed by atoms with Crippen molar-refractivity contribution in [3.05, 3.63) is 35.9 Å². The van der Waals surface area contributed by atoms with Crippen LogP contribution in [0.25, 0.3) is 0 Å². The number of hydrogen-bond donors (Lipinski definition) is 1. The molecule has 2 aliphatic heterocycles. The first-order valence-electron chi connectivity index (χ1n) is 14.9. The van der Waals surface area contributed by atoms with Crippen LogP contribution >= 0.6 is 0 Å². The molecule has 2 fully saturated rings. The van der Waals surface area contributed by atoms with E-state index in [0.29, 0.717) is 5.56 Å². The lowest BCUT2D eigenvalue weighted by atomic mass is 9.97. The van der Waals surface area contributed by atoms with Crippen molar-refractivity contribution in [1.29, 1.82) is 0 Å². The summed E-state index contributed by atoms with van der Waals surface area (Å²) in [6, 6.07) is 8.87. The third-order valence-electron chi connectivity index (χ3n) is 6.87. The summed E-state index contributed by atoms with van der Waals surface area (Å²) < 4.78 is 55.9. The van der Waals surface area contributed by atoms with Crippen LogP contribution in [-0.2, 0) is 82.7 Å². The Kier molecular flexibility index (Phi) is 14.2. The number of aliphatic hydroxyl groups excluding tert-OH is 1. The standard InChI is InChI=1S/C31H40O17/c1-15(32)39-13-23-25(43-17(3)34)27(45-19(5)36)29(40-12-21-10-8-7-9-11-21)31(48-23)41-14-22-24(42-16(2)33)26(44-18(4)35)28(30(38)47-22)46-20(6)37/h7-11,22-31,38H,12-14H2,1-6H3/t22-,23-,24+,25+,26+,27+,28-,29-,30-,31-/m1/s1. The van der Waals surface area contributed by atoms with Crippen molar-refractivity contribution >= 4 is 35.8 Å². The third-order valence-corrected chi connectivity index (χ3v) is 6.87. The minimum absolute atomic E-state index is 0.0544. The van der Waals surface area contributed by atoms with Gasteiger partial charge in [0.1, 0.15) is 24.9 Å². The van der Waals surface area contributed by atoms with Gasteiger partial charge in [0.25, 0.3) is 0 Å². The molecule has 2 saturated heterocycles. The van der Waals surface area contributed by atoms with Gasteiger partial charge in [-0.15, -0.1) is 0 Å². The van der Waals surface area contributed by atoms with Crippen molar-refractivity contribution in [2.24, 2.45) is 0 Å². The number of hydrogen-bond acceptors (Lipinski definition) is 17. The molecule has 0 aliphatic carbocycles. The fraction of sp³-hybridized carbons (Fsp3) is 0.613. The van der Waals surface area contributed by atoms with Crippen molar-refractivity contribution < 1.29 is 81.2 Å². The van der Waals surface area contributed by atoms with Crippen LogP contribution in [0.3, 0.4) is 0 Å². The number of esters is 6. The third kappa shape index (κ3) is 11.2. The largest absolute Gasteiger partial charge is 0.463 e. The highest BCUT2D eigenvalue weighted by Crippen LogP contribution is 2.33. The van der Waals surface area contributed by atoms with E-state index in [-0.39, 0.29) is 6.61 Å². The monoisotopic (exact) mass is 684 g/mol. The highest BCUT2D eigenvalue weighted by atomic mass is 16.7. The molecule has 1 aromatic rings. The Hall–Kier alpha value is -4.16. The van der Waals surface area contributed by atoms with Gasteiger partial charge in [-0.3, -0.25) is 28.8 Å². The molecule has 0 amide bonds. The molecular formula is C31H40O17. The summed E-state index contributed by atoms with van der Waals surface area (Å²) in [5, 5.41) is 10.7. The SMILES string of the molecule is CC(=O)OC[C@H]1O[C@@H](OC[C@H]2O[C@@H](O)[C@H](OC(C)=O)[C@@H](OC(C)=O)[C@H]2OC(C)=O)[C@H](OCc2ccccc2)[C@@H](OC(C)=O)[C@H]1OC(C)=O.